The van der Waals surface area contributed by atoms with E-state index < -0.39 is 0 Å². The largest absolute Gasteiger partial charge is 0.486 e. The molecule has 0 bridgehead atoms. The molecule has 0 spiro atoms. The molecule has 3 heterocycles. The standard InChI is InChI=1S/C24H23N3O3/c28-24(11-8-18-16-25-27(17-18)20-5-2-1-3-6-20)26-12-4-7-21(26)19-9-10-22-23(15-19)30-14-13-29-22/h1-3,5-6,8-11,15-17,21H,4,7,12-14H2/b11-8+/t21-/m0/s1. The number of para-hydroxylation sites is 1. The van der Waals surface area contributed by atoms with E-state index in [9.17, 15) is 4.79 Å². The Morgan fingerprint density at radius 2 is 1.90 bits per heavy atom. The van der Waals surface area contributed by atoms with Gasteiger partial charge in [0.2, 0.25) is 5.91 Å². The fourth-order valence-corrected chi connectivity index (χ4v) is 4.05. The van der Waals surface area contributed by atoms with Crippen LogP contribution in [0, 0.1) is 0 Å². The summed E-state index contributed by atoms with van der Waals surface area (Å²) in [6.07, 6.45) is 9.09. The summed E-state index contributed by atoms with van der Waals surface area (Å²) >= 11 is 0. The second-order valence-corrected chi connectivity index (χ2v) is 7.48. The zero-order valence-electron chi connectivity index (χ0n) is 16.6. The SMILES string of the molecule is O=C(/C=C/c1cnn(-c2ccccc2)c1)N1CCC[C@H]1c1ccc2c(c1)OCCO2. The van der Waals surface area contributed by atoms with Crippen molar-refractivity contribution in [3.63, 3.8) is 0 Å². The number of amides is 1. The summed E-state index contributed by atoms with van der Waals surface area (Å²) in [4.78, 5) is 14.9. The van der Waals surface area contributed by atoms with E-state index in [0.29, 0.717) is 13.2 Å². The predicted octanol–water partition coefficient (Wildman–Crippen LogP) is 4.02. The van der Waals surface area contributed by atoms with E-state index in [4.69, 9.17) is 9.47 Å². The molecule has 1 fully saturated rings. The van der Waals surface area contributed by atoms with Gasteiger partial charge < -0.3 is 14.4 Å². The molecule has 1 saturated heterocycles. The third-order valence-electron chi connectivity index (χ3n) is 5.53. The van der Waals surface area contributed by atoms with Gasteiger partial charge in [-0.25, -0.2) is 4.68 Å². The number of hydrogen-bond donors (Lipinski definition) is 0. The van der Waals surface area contributed by atoms with E-state index >= 15 is 0 Å². The Morgan fingerprint density at radius 3 is 2.77 bits per heavy atom. The van der Waals surface area contributed by atoms with Crippen LogP contribution in [0.2, 0.25) is 0 Å². The minimum absolute atomic E-state index is 0.0138. The maximum Gasteiger partial charge on any atom is 0.247 e. The van der Waals surface area contributed by atoms with Gasteiger partial charge in [-0.2, -0.15) is 5.10 Å². The predicted molar refractivity (Wildman–Crippen MR) is 114 cm³/mol. The van der Waals surface area contributed by atoms with Crippen molar-refractivity contribution in [2.75, 3.05) is 19.8 Å². The number of aromatic nitrogens is 2. The highest BCUT2D eigenvalue weighted by Gasteiger charge is 2.29. The first-order chi connectivity index (χ1) is 14.8. The lowest BCUT2D eigenvalue weighted by Crippen LogP contribution is -2.29. The second kappa shape index (κ2) is 8.06. The summed E-state index contributed by atoms with van der Waals surface area (Å²) < 4.78 is 13.1. The fourth-order valence-electron chi connectivity index (χ4n) is 4.05. The van der Waals surface area contributed by atoms with Crippen LogP contribution in [0.1, 0.15) is 30.0 Å². The summed E-state index contributed by atoms with van der Waals surface area (Å²) in [6, 6.07) is 16.0. The van der Waals surface area contributed by atoms with Crippen molar-refractivity contribution in [2.45, 2.75) is 18.9 Å². The van der Waals surface area contributed by atoms with Crippen LogP contribution in [-0.2, 0) is 4.79 Å². The van der Waals surface area contributed by atoms with Crippen LogP contribution >= 0.6 is 0 Å². The van der Waals surface area contributed by atoms with Gasteiger partial charge in [0.25, 0.3) is 0 Å². The molecule has 1 atom stereocenters. The van der Waals surface area contributed by atoms with E-state index in [1.54, 1.807) is 17.0 Å². The van der Waals surface area contributed by atoms with Crippen LogP contribution in [0.4, 0.5) is 0 Å². The van der Waals surface area contributed by atoms with Crippen molar-refractivity contribution >= 4 is 12.0 Å². The van der Waals surface area contributed by atoms with Gasteiger partial charge in [-0.15, -0.1) is 0 Å². The van der Waals surface area contributed by atoms with Crippen LogP contribution in [0.5, 0.6) is 11.5 Å². The van der Waals surface area contributed by atoms with Gasteiger partial charge in [0, 0.05) is 24.4 Å². The van der Waals surface area contributed by atoms with Gasteiger partial charge >= 0.3 is 0 Å². The minimum atomic E-state index is 0.0138. The number of carbonyl (C=O) groups is 1. The number of rotatable bonds is 4. The van der Waals surface area contributed by atoms with E-state index in [0.717, 1.165) is 47.7 Å². The molecule has 2 aliphatic heterocycles. The molecule has 6 nitrogen and oxygen atoms in total. The van der Waals surface area contributed by atoms with Crippen molar-refractivity contribution < 1.29 is 14.3 Å². The molecule has 152 valence electrons. The molecule has 6 heteroatoms. The van der Waals surface area contributed by atoms with Crippen molar-refractivity contribution in [1.82, 2.24) is 14.7 Å². The number of fused-ring (bicyclic) bond motifs is 1. The van der Waals surface area contributed by atoms with Gasteiger partial charge in [-0.3, -0.25) is 4.79 Å². The van der Waals surface area contributed by atoms with Crippen molar-refractivity contribution in [3.8, 4) is 17.2 Å². The van der Waals surface area contributed by atoms with Gasteiger partial charge in [0.05, 0.1) is 17.9 Å². The maximum absolute atomic E-state index is 12.9. The number of ether oxygens (including phenoxy) is 2. The van der Waals surface area contributed by atoms with Crippen LogP contribution in [-0.4, -0.2) is 40.3 Å². The number of benzene rings is 2. The molecule has 3 aromatic rings. The molecule has 2 aromatic carbocycles. The lowest BCUT2D eigenvalue weighted by atomic mass is 10.0. The van der Waals surface area contributed by atoms with Gasteiger partial charge in [-0.05, 0) is 48.7 Å². The van der Waals surface area contributed by atoms with Crippen LogP contribution in [0.25, 0.3) is 11.8 Å². The maximum atomic E-state index is 12.9. The lowest BCUT2D eigenvalue weighted by Gasteiger charge is -2.26. The molecule has 5 rings (SSSR count). The first-order valence-electron chi connectivity index (χ1n) is 10.3. The number of carbonyl (C=O) groups excluding carboxylic acids is 1. The molecule has 0 unspecified atom stereocenters. The molecule has 1 amide bonds. The third-order valence-corrected chi connectivity index (χ3v) is 5.53. The first-order valence-corrected chi connectivity index (χ1v) is 10.3. The molecule has 0 N–H and O–H groups in total. The zero-order chi connectivity index (χ0) is 20.3. The topological polar surface area (TPSA) is 56.6 Å². The Bertz CT molecular complexity index is 1070. The Morgan fingerprint density at radius 1 is 1.07 bits per heavy atom. The Kier molecular flexibility index (Phi) is 4.97. The molecular weight excluding hydrogens is 378 g/mol. The summed E-state index contributed by atoms with van der Waals surface area (Å²) in [7, 11) is 0. The smallest absolute Gasteiger partial charge is 0.247 e. The highest BCUT2D eigenvalue weighted by atomic mass is 16.6. The molecule has 2 aliphatic rings. The minimum Gasteiger partial charge on any atom is -0.486 e. The number of likely N-dealkylation sites (tertiary alicyclic amines) is 1. The summed E-state index contributed by atoms with van der Waals surface area (Å²) in [5.41, 5.74) is 2.97. The number of nitrogens with zero attached hydrogens (tertiary/aromatic N) is 3. The summed E-state index contributed by atoms with van der Waals surface area (Å²) in [5, 5.41) is 4.38. The van der Waals surface area contributed by atoms with Crippen LogP contribution in [0.15, 0.2) is 67.0 Å². The molecule has 0 saturated carbocycles. The van der Waals surface area contributed by atoms with E-state index in [1.807, 2.05) is 65.7 Å². The number of hydrogen-bond acceptors (Lipinski definition) is 4. The summed E-state index contributed by atoms with van der Waals surface area (Å²) in [6.45, 7) is 1.89. The van der Waals surface area contributed by atoms with Gasteiger partial charge in [-0.1, -0.05) is 24.3 Å². The van der Waals surface area contributed by atoms with Gasteiger partial charge in [0.15, 0.2) is 11.5 Å². The van der Waals surface area contributed by atoms with Crippen LogP contribution < -0.4 is 9.47 Å². The third kappa shape index (κ3) is 3.68. The molecule has 0 aliphatic carbocycles. The van der Waals surface area contributed by atoms with E-state index in [1.165, 1.54) is 0 Å². The molecule has 1 aromatic heterocycles. The van der Waals surface area contributed by atoms with Crippen LogP contribution in [0.3, 0.4) is 0 Å². The molecule has 30 heavy (non-hydrogen) atoms. The van der Waals surface area contributed by atoms with Crippen molar-refractivity contribution in [2.24, 2.45) is 0 Å². The highest BCUT2D eigenvalue weighted by Crippen LogP contribution is 2.38. The normalized spacial score (nSPS) is 18.1. The van der Waals surface area contributed by atoms with Crippen molar-refractivity contribution in [3.05, 3.63) is 78.1 Å². The highest BCUT2D eigenvalue weighted by molar-refractivity contribution is 5.92. The van der Waals surface area contributed by atoms with E-state index in [-0.39, 0.29) is 11.9 Å². The van der Waals surface area contributed by atoms with E-state index in [2.05, 4.69) is 5.10 Å². The Labute approximate surface area is 175 Å². The lowest BCUT2D eigenvalue weighted by molar-refractivity contribution is -0.126. The Balaban J connectivity index is 1.30. The second-order valence-electron chi connectivity index (χ2n) is 7.48. The quantitative estimate of drug-likeness (QED) is 0.620. The molecule has 0 radical (unpaired) electrons. The average molecular weight is 401 g/mol. The van der Waals surface area contributed by atoms with Crippen molar-refractivity contribution in [1.29, 1.82) is 0 Å². The fraction of sp³-hybridized carbons (Fsp3) is 0.250. The monoisotopic (exact) mass is 401 g/mol. The first kappa shape index (κ1) is 18.5. The zero-order valence-corrected chi connectivity index (χ0v) is 16.6. The summed E-state index contributed by atoms with van der Waals surface area (Å²) in [5.74, 6) is 1.55. The molecular formula is C24H23N3O3. The van der Waals surface area contributed by atoms with Gasteiger partial charge in [0.1, 0.15) is 13.2 Å². The Hall–Kier alpha value is -3.54. The average Bonchev–Trinajstić information content (AvgIpc) is 3.48.